The molecule has 0 fully saturated rings. The maximum atomic E-state index is 10.2. The molecule has 0 aliphatic heterocycles. The van der Waals surface area contributed by atoms with Gasteiger partial charge in [0.25, 0.3) is 0 Å². The maximum absolute atomic E-state index is 10.2. The fourth-order valence-corrected chi connectivity index (χ4v) is 3.41. The summed E-state index contributed by atoms with van der Waals surface area (Å²) in [5.41, 5.74) is 6.04. The second kappa shape index (κ2) is 4.86. The highest BCUT2D eigenvalue weighted by Gasteiger charge is 2.32. The number of hydrogen-bond acceptors (Lipinski definition) is 2. The highest BCUT2D eigenvalue weighted by atomic mass is 16.3. The molecular formula is C18H21NO. The van der Waals surface area contributed by atoms with Gasteiger partial charge in [0.1, 0.15) is 5.75 Å². The number of fused-ring (bicyclic) bond motifs is 1. The van der Waals surface area contributed by atoms with Crippen LogP contribution >= 0.6 is 0 Å². The van der Waals surface area contributed by atoms with E-state index in [1.807, 2.05) is 12.1 Å². The molecule has 0 amide bonds. The van der Waals surface area contributed by atoms with Gasteiger partial charge in [-0.1, -0.05) is 25.1 Å². The lowest BCUT2D eigenvalue weighted by molar-refractivity contribution is 0.465. The molecular weight excluding hydrogens is 246 g/mol. The fourth-order valence-electron chi connectivity index (χ4n) is 3.41. The van der Waals surface area contributed by atoms with Crippen molar-refractivity contribution in [2.75, 3.05) is 5.32 Å². The van der Waals surface area contributed by atoms with Crippen molar-refractivity contribution in [2.24, 2.45) is 0 Å². The molecule has 104 valence electrons. The molecule has 20 heavy (non-hydrogen) atoms. The average molecular weight is 267 g/mol. The van der Waals surface area contributed by atoms with Gasteiger partial charge in [0.15, 0.2) is 0 Å². The standard InChI is InChI=1S/C18H21NO/c1-11-5-4-6-14(9-11)19-15-10-13(3)17-12(2)7-8-16(20)18(15)17/h4-9,13,15,19-20H,10H2,1-3H3. The number of phenolic OH excluding ortho intramolecular Hbond substituents is 1. The van der Waals surface area contributed by atoms with Gasteiger partial charge in [0, 0.05) is 11.3 Å². The van der Waals surface area contributed by atoms with Gasteiger partial charge in [-0.3, -0.25) is 0 Å². The first-order chi connectivity index (χ1) is 9.56. The Labute approximate surface area is 120 Å². The van der Waals surface area contributed by atoms with Crippen molar-refractivity contribution in [3.63, 3.8) is 0 Å². The first kappa shape index (κ1) is 13.0. The van der Waals surface area contributed by atoms with Crippen molar-refractivity contribution in [1.29, 1.82) is 0 Å². The number of aryl methyl sites for hydroxylation is 2. The number of aromatic hydroxyl groups is 1. The predicted octanol–water partition coefficient (Wildman–Crippen LogP) is 4.67. The van der Waals surface area contributed by atoms with Crippen molar-refractivity contribution in [1.82, 2.24) is 0 Å². The van der Waals surface area contributed by atoms with E-state index in [9.17, 15) is 5.11 Å². The number of phenols is 1. The maximum Gasteiger partial charge on any atom is 0.121 e. The van der Waals surface area contributed by atoms with E-state index in [1.54, 1.807) is 0 Å². The zero-order valence-corrected chi connectivity index (χ0v) is 12.3. The summed E-state index contributed by atoms with van der Waals surface area (Å²) in [5.74, 6) is 0.902. The second-order valence-corrected chi connectivity index (χ2v) is 5.93. The van der Waals surface area contributed by atoms with Crippen LogP contribution in [0.15, 0.2) is 36.4 Å². The van der Waals surface area contributed by atoms with E-state index in [-0.39, 0.29) is 6.04 Å². The van der Waals surface area contributed by atoms with Crippen LogP contribution in [-0.2, 0) is 0 Å². The molecule has 2 heteroatoms. The van der Waals surface area contributed by atoms with Gasteiger partial charge >= 0.3 is 0 Å². The third-order valence-corrected chi connectivity index (χ3v) is 4.27. The van der Waals surface area contributed by atoms with Crippen LogP contribution in [0, 0.1) is 13.8 Å². The fraction of sp³-hybridized carbons (Fsp3) is 0.333. The van der Waals surface area contributed by atoms with Crippen molar-refractivity contribution < 1.29 is 5.11 Å². The Morgan fingerprint density at radius 2 is 1.90 bits per heavy atom. The molecule has 0 saturated carbocycles. The Kier molecular flexibility index (Phi) is 3.17. The van der Waals surface area contributed by atoms with Crippen LogP contribution in [0.25, 0.3) is 0 Å². The van der Waals surface area contributed by atoms with Gasteiger partial charge in [-0.05, 0) is 61.1 Å². The quantitative estimate of drug-likeness (QED) is 0.828. The van der Waals surface area contributed by atoms with Crippen LogP contribution in [-0.4, -0.2) is 5.11 Å². The molecule has 2 atom stereocenters. The largest absolute Gasteiger partial charge is 0.508 e. The van der Waals surface area contributed by atoms with E-state index >= 15 is 0 Å². The van der Waals surface area contributed by atoms with Gasteiger partial charge in [0.2, 0.25) is 0 Å². The lowest BCUT2D eigenvalue weighted by atomic mass is 9.97. The van der Waals surface area contributed by atoms with Gasteiger partial charge in [0.05, 0.1) is 6.04 Å². The molecule has 3 rings (SSSR count). The molecule has 2 N–H and O–H groups in total. The summed E-state index contributed by atoms with van der Waals surface area (Å²) in [5, 5.41) is 13.8. The minimum Gasteiger partial charge on any atom is -0.508 e. The summed E-state index contributed by atoms with van der Waals surface area (Å²) in [4.78, 5) is 0. The molecule has 1 aliphatic rings. The minimum atomic E-state index is 0.196. The summed E-state index contributed by atoms with van der Waals surface area (Å²) in [7, 11) is 0. The summed E-state index contributed by atoms with van der Waals surface area (Å²) in [6, 6.07) is 12.4. The Bertz CT molecular complexity index is 648. The van der Waals surface area contributed by atoms with Crippen molar-refractivity contribution >= 4 is 5.69 Å². The first-order valence-electron chi connectivity index (χ1n) is 7.22. The smallest absolute Gasteiger partial charge is 0.121 e. The second-order valence-electron chi connectivity index (χ2n) is 5.93. The van der Waals surface area contributed by atoms with Crippen molar-refractivity contribution in [3.05, 3.63) is 58.7 Å². The minimum absolute atomic E-state index is 0.196. The third-order valence-electron chi connectivity index (χ3n) is 4.27. The van der Waals surface area contributed by atoms with E-state index in [1.165, 1.54) is 16.7 Å². The molecule has 0 spiro atoms. The molecule has 0 aromatic heterocycles. The van der Waals surface area contributed by atoms with Gasteiger partial charge in [-0.2, -0.15) is 0 Å². The first-order valence-corrected chi connectivity index (χ1v) is 7.22. The molecule has 0 radical (unpaired) electrons. The molecule has 2 aromatic carbocycles. The Morgan fingerprint density at radius 3 is 2.65 bits per heavy atom. The zero-order valence-electron chi connectivity index (χ0n) is 12.3. The van der Waals surface area contributed by atoms with E-state index in [0.717, 1.165) is 17.7 Å². The van der Waals surface area contributed by atoms with Gasteiger partial charge in [-0.25, -0.2) is 0 Å². The van der Waals surface area contributed by atoms with Crippen molar-refractivity contribution in [3.8, 4) is 5.75 Å². The molecule has 0 saturated heterocycles. The van der Waals surface area contributed by atoms with Gasteiger partial charge in [-0.15, -0.1) is 0 Å². The number of hydrogen-bond donors (Lipinski definition) is 2. The lowest BCUT2D eigenvalue weighted by Gasteiger charge is -2.17. The van der Waals surface area contributed by atoms with Crippen molar-refractivity contribution in [2.45, 2.75) is 39.2 Å². The Hall–Kier alpha value is -1.96. The normalized spacial score (nSPS) is 20.8. The van der Waals surface area contributed by atoms with E-state index in [2.05, 4.69) is 50.4 Å². The average Bonchev–Trinajstić information content (AvgIpc) is 2.72. The zero-order chi connectivity index (χ0) is 14.3. The summed E-state index contributed by atoms with van der Waals surface area (Å²) in [6.07, 6.45) is 1.03. The monoisotopic (exact) mass is 267 g/mol. The summed E-state index contributed by atoms with van der Waals surface area (Å²) in [6.45, 7) is 6.46. The SMILES string of the molecule is Cc1cccc(NC2CC(C)c3c(C)ccc(O)c32)c1. The third kappa shape index (κ3) is 2.15. The topological polar surface area (TPSA) is 32.3 Å². The molecule has 2 unspecified atom stereocenters. The molecule has 1 aliphatic carbocycles. The Morgan fingerprint density at radius 1 is 1.10 bits per heavy atom. The molecule has 0 bridgehead atoms. The van der Waals surface area contributed by atoms with Crippen LogP contribution in [0.4, 0.5) is 5.69 Å². The highest BCUT2D eigenvalue weighted by molar-refractivity contribution is 5.56. The van der Waals surface area contributed by atoms with E-state index in [0.29, 0.717) is 11.7 Å². The van der Waals surface area contributed by atoms with Gasteiger partial charge < -0.3 is 10.4 Å². The van der Waals surface area contributed by atoms with Crippen LogP contribution in [0.5, 0.6) is 5.75 Å². The molecule has 2 aromatic rings. The Balaban J connectivity index is 1.97. The number of benzene rings is 2. The van der Waals surface area contributed by atoms with E-state index in [4.69, 9.17) is 0 Å². The predicted molar refractivity (Wildman–Crippen MR) is 83.4 cm³/mol. The van der Waals surface area contributed by atoms with Crippen LogP contribution in [0.3, 0.4) is 0 Å². The van der Waals surface area contributed by atoms with E-state index < -0.39 is 0 Å². The number of nitrogens with one attached hydrogen (secondary N) is 1. The van der Waals surface area contributed by atoms with Crippen LogP contribution < -0.4 is 5.32 Å². The molecule has 2 nitrogen and oxygen atoms in total. The lowest BCUT2D eigenvalue weighted by Crippen LogP contribution is -2.07. The highest BCUT2D eigenvalue weighted by Crippen LogP contribution is 2.47. The summed E-state index contributed by atoms with van der Waals surface area (Å²) >= 11 is 0. The number of rotatable bonds is 2. The van der Waals surface area contributed by atoms with Crippen LogP contribution in [0.2, 0.25) is 0 Å². The van der Waals surface area contributed by atoms with Crippen LogP contribution in [0.1, 0.15) is 47.6 Å². The number of anilines is 1. The molecule has 0 heterocycles. The summed E-state index contributed by atoms with van der Waals surface area (Å²) < 4.78 is 0.